The molecule has 1 aliphatic rings. The topological polar surface area (TPSA) is 77.4 Å². The van der Waals surface area contributed by atoms with E-state index < -0.39 is 30.3 Å². The molecule has 2 heterocycles. The van der Waals surface area contributed by atoms with Crippen molar-refractivity contribution in [1.29, 1.82) is 0 Å². The standard InChI is InChI=1S/C16H19BrF2N2O5S/c1-8(20-14(23)26-15(2,3)4)6-21-7-16(18,19)25-10-9(21)11(13(22)24-5)27-12(10)17/h6-7H2,1-5H3. The van der Waals surface area contributed by atoms with E-state index in [-0.39, 0.29) is 32.4 Å². The van der Waals surface area contributed by atoms with E-state index in [4.69, 9.17) is 14.2 Å². The van der Waals surface area contributed by atoms with Crippen LogP contribution in [0.5, 0.6) is 5.75 Å². The highest BCUT2D eigenvalue weighted by atomic mass is 79.9. The Balaban J connectivity index is 2.35. The number of amides is 1. The molecule has 0 radical (unpaired) electrons. The third-order valence-corrected chi connectivity index (χ3v) is 4.98. The van der Waals surface area contributed by atoms with E-state index in [1.807, 2.05) is 0 Å². The summed E-state index contributed by atoms with van der Waals surface area (Å²) in [5.74, 6) is -0.829. The van der Waals surface area contributed by atoms with Gasteiger partial charge in [-0.05, 0) is 43.6 Å². The first-order valence-corrected chi connectivity index (χ1v) is 9.43. The van der Waals surface area contributed by atoms with Gasteiger partial charge in [-0.25, -0.2) is 9.59 Å². The van der Waals surface area contributed by atoms with E-state index in [0.717, 1.165) is 11.3 Å². The maximum atomic E-state index is 14.0. The second kappa shape index (κ2) is 7.70. The number of rotatable bonds is 3. The third-order valence-electron chi connectivity index (χ3n) is 3.21. The Labute approximate surface area is 167 Å². The first-order valence-electron chi connectivity index (χ1n) is 7.82. The number of hydrogen-bond acceptors (Lipinski definition) is 7. The van der Waals surface area contributed by atoms with Crippen molar-refractivity contribution in [3.8, 4) is 5.75 Å². The van der Waals surface area contributed by atoms with E-state index >= 15 is 0 Å². The number of alkyl halides is 2. The molecule has 27 heavy (non-hydrogen) atoms. The molecule has 0 saturated heterocycles. The van der Waals surface area contributed by atoms with Crippen LogP contribution in [0, 0.1) is 0 Å². The number of esters is 1. The molecule has 0 unspecified atom stereocenters. The Bertz CT molecular complexity index is 789. The zero-order valence-corrected chi connectivity index (χ0v) is 17.8. The zero-order valence-electron chi connectivity index (χ0n) is 15.4. The average Bonchev–Trinajstić information content (AvgIpc) is 2.80. The van der Waals surface area contributed by atoms with Crippen LogP contribution in [-0.4, -0.2) is 49.7 Å². The summed E-state index contributed by atoms with van der Waals surface area (Å²) < 4.78 is 42.8. The van der Waals surface area contributed by atoms with Crippen LogP contribution in [0.3, 0.4) is 0 Å². The van der Waals surface area contributed by atoms with Gasteiger partial charge in [-0.3, -0.25) is 0 Å². The van der Waals surface area contributed by atoms with Gasteiger partial charge in [0, 0.05) is 5.71 Å². The minimum atomic E-state index is -3.48. The minimum absolute atomic E-state index is 0.111. The van der Waals surface area contributed by atoms with Crippen LogP contribution in [0.15, 0.2) is 8.78 Å². The molecule has 1 aromatic heterocycles. The van der Waals surface area contributed by atoms with Crippen molar-refractivity contribution >= 4 is 50.7 Å². The van der Waals surface area contributed by atoms with Gasteiger partial charge in [-0.15, -0.1) is 11.3 Å². The fourth-order valence-corrected chi connectivity index (χ4v) is 4.01. The molecule has 0 N–H and O–H groups in total. The predicted molar refractivity (Wildman–Crippen MR) is 100 cm³/mol. The van der Waals surface area contributed by atoms with E-state index in [0.29, 0.717) is 0 Å². The second-order valence-corrected chi connectivity index (χ2v) is 9.14. The summed E-state index contributed by atoms with van der Waals surface area (Å²) in [6.07, 6.45) is -4.30. The Hall–Kier alpha value is -1.75. The number of nitrogens with zero attached hydrogens (tertiary/aromatic N) is 2. The Morgan fingerprint density at radius 3 is 2.59 bits per heavy atom. The van der Waals surface area contributed by atoms with Gasteiger partial charge in [0.2, 0.25) is 0 Å². The van der Waals surface area contributed by atoms with Gasteiger partial charge >= 0.3 is 18.2 Å². The molecular weight excluding hydrogens is 450 g/mol. The van der Waals surface area contributed by atoms with Crippen LogP contribution in [-0.2, 0) is 9.47 Å². The minimum Gasteiger partial charge on any atom is -0.465 e. The van der Waals surface area contributed by atoms with Crippen molar-refractivity contribution in [3.05, 3.63) is 8.66 Å². The molecule has 2 rings (SSSR count). The summed E-state index contributed by atoms with van der Waals surface area (Å²) in [6, 6.07) is 0. The lowest BCUT2D eigenvalue weighted by molar-refractivity contribution is -0.171. The first kappa shape index (κ1) is 21.5. The lowest BCUT2D eigenvalue weighted by atomic mass is 10.2. The highest BCUT2D eigenvalue weighted by Gasteiger charge is 2.45. The van der Waals surface area contributed by atoms with E-state index in [9.17, 15) is 18.4 Å². The number of anilines is 1. The maximum absolute atomic E-state index is 14.0. The maximum Gasteiger partial charge on any atom is 0.434 e. The van der Waals surface area contributed by atoms with Gasteiger partial charge in [0.05, 0.1) is 13.7 Å². The highest BCUT2D eigenvalue weighted by molar-refractivity contribution is 9.11. The number of thiophene rings is 1. The van der Waals surface area contributed by atoms with Crippen LogP contribution < -0.4 is 9.64 Å². The molecule has 0 spiro atoms. The monoisotopic (exact) mass is 468 g/mol. The third kappa shape index (κ3) is 5.38. The van der Waals surface area contributed by atoms with Crippen molar-refractivity contribution in [2.45, 2.75) is 39.4 Å². The van der Waals surface area contributed by atoms with Gasteiger partial charge < -0.3 is 19.1 Å². The molecular formula is C16H19BrF2N2O5S. The molecule has 0 fully saturated rings. The molecule has 1 aliphatic heterocycles. The number of carbonyl (C=O) groups is 2. The summed E-state index contributed by atoms with van der Waals surface area (Å²) in [7, 11) is 1.19. The van der Waals surface area contributed by atoms with E-state index in [2.05, 4.69) is 20.9 Å². The molecule has 7 nitrogen and oxygen atoms in total. The quantitative estimate of drug-likeness (QED) is 0.480. The van der Waals surface area contributed by atoms with Crippen LogP contribution in [0.2, 0.25) is 0 Å². The smallest absolute Gasteiger partial charge is 0.434 e. The normalized spacial score (nSPS) is 16.4. The summed E-state index contributed by atoms with van der Waals surface area (Å²) >= 11 is 4.07. The number of halogens is 3. The summed E-state index contributed by atoms with van der Waals surface area (Å²) in [6.45, 7) is 5.64. The van der Waals surface area contributed by atoms with Gasteiger partial charge in [0.1, 0.15) is 26.5 Å². The Morgan fingerprint density at radius 1 is 1.41 bits per heavy atom. The number of ether oxygens (including phenoxy) is 3. The number of aliphatic imine (C=N–C) groups is 1. The van der Waals surface area contributed by atoms with Gasteiger partial charge in [0.25, 0.3) is 0 Å². The van der Waals surface area contributed by atoms with Crippen LogP contribution in [0.4, 0.5) is 19.3 Å². The molecule has 0 atom stereocenters. The molecule has 0 bridgehead atoms. The molecule has 1 amide bonds. The molecule has 11 heteroatoms. The molecule has 0 saturated carbocycles. The fraction of sp³-hybridized carbons (Fsp3) is 0.562. The van der Waals surface area contributed by atoms with Crippen molar-refractivity contribution < 1.29 is 32.6 Å². The predicted octanol–water partition coefficient (Wildman–Crippen LogP) is 4.48. The Morgan fingerprint density at radius 2 is 2.04 bits per heavy atom. The van der Waals surface area contributed by atoms with Crippen molar-refractivity contribution in [1.82, 2.24) is 0 Å². The lowest BCUT2D eigenvalue weighted by Gasteiger charge is -2.34. The van der Waals surface area contributed by atoms with Crippen molar-refractivity contribution in [2.75, 3.05) is 25.1 Å². The molecule has 150 valence electrons. The van der Waals surface area contributed by atoms with Gasteiger partial charge in [-0.2, -0.15) is 13.8 Å². The largest absolute Gasteiger partial charge is 0.465 e. The highest BCUT2D eigenvalue weighted by Crippen LogP contribution is 2.50. The van der Waals surface area contributed by atoms with Crippen molar-refractivity contribution in [3.63, 3.8) is 0 Å². The summed E-state index contributed by atoms with van der Waals surface area (Å²) in [5, 5.41) is 0. The molecule has 0 aliphatic carbocycles. The summed E-state index contributed by atoms with van der Waals surface area (Å²) in [4.78, 5) is 29.0. The average molecular weight is 469 g/mol. The number of carbonyl (C=O) groups excluding carboxylic acids is 2. The van der Waals surface area contributed by atoms with Crippen LogP contribution >= 0.6 is 27.3 Å². The SMILES string of the molecule is COC(=O)c1sc(Br)c2c1N(CC(C)=NC(=O)OC(C)(C)C)CC(F)(F)O2. The van der Waals surface area contributed by atoms with Crippen LogP contribution in [0.25, 0.3) is 0 Å². The van der Waals surface area contributed by atoms with Gasteiger partial charge in [0.15, 0.2) is 5.75 Å². The molecule has 1 aromatic rings. The summed E-state index contributed by atoms with van der Waals surface area (Å²) in [5.41, 5.74) is -0.314. The van der Waals surface area contributed by atoms with E-state index in [1.165, 1.54) is 18.9 Å². The number of hydrogen-bond donors (Lipinski definition) is 0. The van der Waals surface area contributed by atoms with Gasteiger partial charge in [-0.1, -0.05) is 0 Å². The Kier molecular flexibility index (Phi) is 6.15. The number of fused-ring (bicyclic) bond motifs is 1. The first-order chi connectivity index (χ1) is 12.3. The zero-order chi connectivity index (χ0) is 20.6. The lowest BCUT2D eigenvalue weighted by Crippen LogP contribution is -2.47. The van der Waals surface area contributed by atoms with Crippen LogP contribution in [0.1, 0.15) is 37.4 Å². The fourth-order valence-electron chi connectivity index (χ4n) is 2.36. The van der Waals surface area contributed by atoms with Crippen molar-refractivity contribution in [2.24, 2.45) is 4.99 Å². The molecule has 0 aromatic carbocycles. The van der Waals surface area contributed by atoms with E-state index in [1.54, 1.807) is 20.8 Å². The second-order valence-electron chi connectivity index (χ2n) is 6.80. The number of methoxy groups -OCH3 is 1.